The van der Waals surface area contributed by atoms with Gasteiger partial charge >= 0.3 is 0 Å². The van der Waals surface area contributed by atoms with Gasteiger partial charge in [-0.2, -0.15) is 0 Å². The SMILES string of the molecule is Cc1cc(C(=O)Nc2cccc(NC(=O)c3ccc(Cl)cc3Cl)c2)ccc1[N+](=O)[O-]. The number of carbonyl (C=O) groups is 2. The van der Waals surface area contributed by atoms with E-state index in [2.05, 4.69) is 10.6 Å². The molecule has 2 N–H and O–H groups in total. The zero-order valence-corrected chi connectivity index (χ0v) is 17.1. The summed E-state index contributed by atoms with van der Waals surface area (Å²) in [5.41, 5.74) is 1.75. The van der Waals surface area contributed by atoms with Crippen LogP contribution in [0.15, 0.2) is 60.7 Å². The Bertz CT molecular complexity index is 1160. The number of hydrogen-bond donors (Lipinski definition) is 2. The van der Waals surface area contributed by atoms with Crippen molar-refractivity contribution in [2.24, 2.45) is 0 Å². The predicted molar refractivity (Wildman–Crippen MR) is 117 cm³/mol. The van der Waals surface area contributed by atoms with Crippen LogP contribution in [0, 0.1) is 17.0 Å². The number of nitro benzene ring substituents is 1. The zero-order valence-electron chi connectivity index (χ0n) is 15.6. The van der Waals surface area contributed by atoms with Crippen LogP contribution in [0.1, 0.15) is 26.3 Å². The second-order valence-corrected chi connectivity index (χ2v) is 7.22. The number of aryl methyl sites for hydroxylation is 1. The molecule has 3 rings (SSSR count). The minimum Gasteiger partial charge on any atom is -0.322 e. The lowest BCUT2D eigenvalue weighted by Gasteiger charge is -2.10. The Morgan fingerprint density at radius 3 is 2.17 bits per heavy atom. The number of carbonyl (C=O) groups excluding carboxylic acids is 2. The Balaban J connectivity index is 1.74. The molecule has 0 aliphatic heterocycles. The topological polar surface area (TPSA) is 101 Å². The molecule has 0 aliphatic carbocycles. The smallest absolute Gasteiger partial charge is 0.272 e. The highest BCUT2D eigenvalue weighted by atomic mass is 35.5. The highest BCUT2D eigenvalue weighted by molar-refractivity contribution is 6.37. The molecule has 0 bridgehead atoms. The number of hydrogen-bond acceptors (Lipinski definition) is 4. The van der Waals surface area contributed by atoms with Crippen LogP contribution in [-0.2, 0) is 0 Å². The Kier molecular flexibility index (Phi) is 6.34. The fourth-order valence-corrected chi connectivity index (χ4v) is 3.25. The van der Waals surface area contributed by atoms with Crippen LogP contribution in [0.25, 0.3) is 0 Å². The molecule has 0 aliphatic rings. The van der Waals surface area contributed by atoms with Crippen molar-refractivity contribution in [1.29, 1.82) is 0 Å². The van der Waals surface area contributed by atoms with Crippen LogP contribution in [0.5, 0.6) is 0 Å². The van der Waals surface area contributed by atoms with Gasteiger partial charge in [0.25, 0.3) is 17.5 Å². The molecule has 9 heteroatoms. The van der Waals surface area contributed by atoms with E-state index in [1.807, 2.05) is 0 Å². The lowest BCUT2D eigenvalue weighted by molar-refractivity contribution is -0.385. The maximum atomic E-state index is 12.5. The first-order valence-corrected chi connectivity index (χ1v) is 9.43. The summed E-state index contributed by atoms with van der Waals surface area (Å²) in [5.74, 6) is -0.858. The van der Waals surface area contributed by atoms with E-state index in [1.165, 1.54) is 30.3 Å². The van der Waals surface area contributed by atoms with Gasteiger partial charge in [-0.1, -0.05) is 29.3 Å². The Morgan fingerprint density at radius 1 is 0.900 bits per heavy atom. The van der Waals surface area contributed by atoms with Crippen molar-refractivity contribution in [3.05, 3.63) is 97.5 Å². The first kappa shape index (κ1) is 21.3. The van der Waals surface area contributed by atoms with Crippen molar-refractivity contribution in [1.82, 2.24) is 0 Å². The van der Waals surface area contributed by atoms with Gasteiger partial charge in [-0.15, -0.1) is 0 Å². The molecule has 0 fully saturated rings. The normalized spacial score (nSPS) is 10.4. The van der Waals surface area contributed by atoms with Crippen LogP contribution in [0.4, 0.5) is 17.1 Å². The molecular formula is C21H15Cl2N3O4. The highest BCUT2D eigenvalue weighted by Gasteiger charge is 2.15. The second kappa shape index (κ2) is 8.94. The minimum atomic E-state index is -0.504. The van der Waals surface area contributed by atoms with E-state index in [9.17, 15) is 19.7 Å². The third-order valence-corrected chi connectivity index (χ3v) is 4.76. The largest absolute Gasteiger partial charge is 0.322 e. The number of benzene rings is 3. The molecule has 152 valence electrons. The lowest BCUT2D eigenvalue weighted by atomic mass is 10.1. The summed E-state index contributed by atoms with van der Waals surface area (Å²) >= 11 is 11.9. The average Bonchev–Trinajstić information content (AvgIpc) is 2.67. The first-order valence-electron chi connectivity index (χ1n) is 8.67. The molecule has 30 heavy (non-hydrogen) atoms. The maximum absolute atomic E-state index is 12.5. The Morgan fingerprint density at radius 2 is 1.57 bits per heavy atom. The van der Waals surface area contributed by atoms with E-state index in [1.54, 1.807) is 37.3 Å². The summed E-state index contributed by atoms with van der Waals surface area (Å²) in [4.78, 5) is 35.3. The predicted octanol–water partition coefficient (Wildman–Crippen LogP) is 5.71. The molecule has 0 saturated carbocycles. The van der Waals surface area contributed by atoms with Gasteiger partial charge in [0.1, 0.15) is 0 Å². The summed E-state index contributed by atoms with van der Waals surface area (Å²) in [5, 5.41) is 17.0. The van der Waals surface area contributed by atoms with Gasteiger partial charge in [-0.25, -0.2) is 0 Å². The molecule has 2 amide bonds. The summed E-state index contributed by atoms with van der Waals surface area (Å²) < 4.78 is 0. The second-order valence-electron chi connectivity index (χ2n) is 6.37. The van der Waals surface area contributed by atoms with Gasteiger partial charge in [0.2, 0.25) is 0 Å². The van der Waals surface area contributed by atoms with Crippen molar-refractivity contribution in [3.63, 3.8) is 0 Å². The molecule has 0 radical (unpaired) electrons. The van der Waals surface area contributed by atoms with Crippen molar-refractivity contribution < 1.29 is 14.5 Å². The molecule has 3 aromatic carbocycles. The molecule has 0 unspecified atom stereocenters. The third-order valence-electron chi connectivity index (χ3n) is 4.21. The van der Waals surface area contributed by atoms with Crippen molar-refractivity contribution in [2.75, 3.05) is 10.6 Å². The van der Waals surface area contributed by atoms with Gasteiger partial charge in [-0.05, 0) is 55.5 Å². The van der Waals surface area contributed by atoms with Gasteiger partial charge in [0, 0.05) is 33.6 Å². The van der Waals surface area contributed by atoms with Crippen LogP contribution in [0.2, 0.25) is 10.0 Å². The molecular weight excluding hydrogens is 429 g/mol. The first-order chi connectivity index (χ1) is 14.2. The van der Waals surface area contributed by atoms with Crippen molar-refractivity contribution in [3.8, 4) is 0 Å². The summed E-state index contributed by atoms with van der Waals surface area (Å²) in [6.45, 7) is 1.56. The van der Waals surface area contributed by atoms with Crippen LogP contribution in [-0.4, -0.2) is 16.7 Å². The number of nitro groups is 1. The molecule has 3 aromatic rings. The Hall–Kier alpha value is -3.42. The van der Waals surface area contributed by atoms with E-state index in [0.29, 0.717) is 22.0 Å². The van der Waals surface area contributed by atoms with Gasteiger partial charge in [0.15, 0.2) is 0 Å². The number of halogens is 2. The van der Waals surface area contributed by atoms with Crippen molar-refractivity contribution >= 4 is 52.1 Å². The van der Waals surface area contributed by atoms with E-state index in [4.69, 9.17) is 23.2 Å². The number of nitrogens with zero attached hydrogens (tertiary/aromatic N) is 1. The summed E-state index contributed by atoms with van der Waals surface area (Å²) in [7, 11) is 0. The van der Waals surface area contributed by atoms with E-state index in [-0.39, 0.29) is 21.8 Å². The molecule has 0 spiro atoms. The fourth-order valence-electron chi connectivity index (χ4n) is 2.75. The number of rotatable bonds is 5. The molecule has 0 heterocycles. The van der Waals surface area contributed by atoms with Crippen LogP contribution < -0.4 is 10.6 Å². The number of nitrogens with one attached hydrogen (secondary N) is 2. The number of amides is 2. The lowest BCUT2D eigenvalue weighted by Crippen LogP contribution is -2.14. The zero-order chi connectivity index (χ0) is 21.8. The molecule has 0 saturated heterocycles. The summed E-state index contributed by atoms with van der Waals surface area (Å²) in [6, 6.07) is 15.2. The molecule has 0 aromatic heterocycles. The van der Waals surface area contributed by atoms with Crippen molar-refractivity contribution in [2.45, 2.75) is 6.92 Å². The van der Waals surface area contributed by atoms with E-state index >= 15 is 0 Å². The average molecular weight is 444 g/mol. The van der Waals surface area contributed by atoms with Crippen LogP contribution in [0.3, 0.4) is 0 Å². The van der Waals surface area contributed by atoms with Gasteiger partial charge in [-0.3, -0.25) is 19.7 Å². The monoisotopic (exact) mass is 443 g/mol. The quantitative estimate of drug-likeness (QED) is 0.389. The standard InChI is InChI=1S/C21H15Cl2N3O4/c1-12-9-13(5-8-19(12)26(29)30)20(27)24-15-3-2-4-16(11-15)25-21(28)17-7-6-14(22)10-18(17)23/h2-11H,1H3,(H,24,27)(H,25,28). The highest BCUT2D eigenvalue weighted by Crippen LogP contribution is 2.24. The fraction of sp³-hybridized carbons (Fsp3) is 0.0476. The number of anilines is 2. The van der Waals surface area contributed by atoms with Crippen LogP contribution >= 0.6 is 23.2 Å². The summed E-state index contributed by atoms with van der Waals surface area (Å²) in [6.07, 6.45) is 0. The van der Waals surface area contributed by atoms with Gasteiger partial charge in [0.05, 0.1) is 15.5 Å². The van der Waals surface area contributed by atoms with Gasteiger partial charge < -0.3 is 10.6 Å². The molecule has 0 atom stereocenters. The third kappa shape index (κ3) is 4.94. The van der Waals surface area contributed by atoms with E-state index in [0.717, 1.165) is 0 Å². The van der Waals surface area contributed by atoms with E-state index < -0.39 is 16.7 Å². The maximum Gasteiger partial charge on any atom is 0.272 e. The minimum absolute atomic E-state index is 0.0582. The molecule has 7 nitrogen and oxygen atoms in total. The Labute approximate surface area is 181 Å².